The molecule has 3 aliphatic heterocycles. The zero-order valence-corrected chi connectivity index (χ0v) is 13.5. The van der Waals surface area contributed by atoms with Gasteiger partial charge in [0.2, 0.25) is 5.95 Å². The summed E-state index contributed by atoms with van der Waals surface area (Å²) >= 11 is 2.00. The van der Waals surface area contributed by atoms with Crippen molar-refractivity contribution in [2.45, 2.75) is 18.4 Å². The van der Waals surface area contributed by atoms with E-state index in [1.165, 1.54) is 0 Å². The lowest BCUT2D eigenvalue weighted by atomic mass is 10.0. The smallest absolute Gasteiger partial charge is 0.227 e. The highest BCUT2D eigenvalue weighted by Gasteiger charge is 2.29. The minimum atomic E-state index is -0.239. The van der Waals surface area contributed by atoms with E-state index < -0.39 is 0 Å². The summed E-state index contributed by atoms with van der Waals surface area (Å²) in [5.41, 5.74) is 1.09. The van der Waals surface area contributed by atoms with Crippen molar-refractivity contribution in [3.05, 3.63) is 11.8 Å². The van der Waals surface area contributed by atoms with Crippen LogP contribution in [0.25, 0.3) is 0 Å². The van der Waals surface area contributed by atoms with Crippen molar-refractivity contribution in [2.75, 3.05) is 60.7 Å². The number of nitrogens with zero attached hydrogens (tertiary/aromatic N) is 4. The van der Waals surface area contributed by atoms with E-state index in [0.717, 1.165) is 61.7 Å². The Hall–Kier alpha value is -1.05. The highest BCUT2D eigenvalue weighted by Crippen LogP contribution is 2.30. The molecule has 0 amide bonds. The van der Waals surface area contributed by atoms with Gasteiger partial charge in [0, 0.05) is 56.3 Å². The number of aromatic nitrogens is 2. The van der Waals surface area contributed by atoms with E-state index in [-0.39, 0.29) is 6.10 Å². The maximum absolute atomic E-state index is 9.55. The van der Waals surface area contributed by atoms with Crippen LogP contribution < -0.4 is 9.80 Å². The van der Waals surface area contributed by atoms with Gasteiger partial charge in [-0.05, 0) is 6.42 Å². The first-order chi connectivity index (χ1) is 10.8. The van der Waals surface area contributed by atoms with Crippen LogP contribution in [0, 0.1) is 0 Å². The summed E-state index contributed by atoms with van der Waals surface area (Å²) in [7, 11) is 0. The van der Waals surface area contributed by atoms with E-state index in [1.54, 1.807) is 0 Å². The predicted molar refractivity (Wildman–Crippen MR) is 88.0 cm³/mol. The second-order valence-corrected chi connectivity index (χ2v) is 7.39. The maximum Gasteiger partial charge on any atom is 0.227 e. The van der Waals surface area contributed by atoms with E-state index in [9.17, 15) is 5.11 Å². The molecule has 4 rings (SSSR count). The molecule has 3 fully saturated rings. The van der Waals surface area contributed by atoms with Gasteiger partial charge in [-0.1, -0.05) is 0 Å². The maximum atomic E-state index is 9.55. The molecule has 7 heteroatoms. The number of ether oxygens (including phenoxy) is 1. The van der Waals surface area contributed by atoms with Crippen LogP contribution in [0.4, 0.5) is 11.8 Å². The SMILES string of the molecule is OC1CN(c2nc(C3CCOC3)cc(N3CCSCC3)n2)C1. The average Bonchev–Trinajstić information content (AvgIpc) is 3.07. The Morgan fingerprint density at radius 1 is 1.18 bits per heavy atom. The van der Waals surface area contributed by atoms with Gasteiger partial charge in [-0.3, -0.25) is 0 Å². The molecule has 120 valence electrons. The number of rotatable bonds is 3. The van der Waals surface area contributed by atoms with Crippen LogP contribution in [0.15, 0.2) is 6.07 Å². The van der Waals surface area contributed by atoms with Gasteiger partial charge in [0.15, 0.2) is 0 Å². The Morgan fingerprint density at radius 2 is 2.00 bits per heavy atom. The van der Waals surface area contributed by atoms with Crippen molar-refractivity contribution in [1.82, 2.24) is 9.97 Å². The lowest BCUT2D eigenvalue weighted by Gasteiger charge is -2.37. The van der Waals surface area contributed by atoms with Gasteiger partial charge >= 0.3 is 0 Å². The average molecular weight is 322 g/mol. The molecule has 3 saturated heterocycles. The molecule has 1 aromatic heterocycles. The zero-order chi connectivity index (χ0) is 14.9. The van der Waals surface area contributed by atoms with E-state index in [1.807, 2.05) is 11.8 Å². The number of hydrogen-bond donors (Lipinski definition) is 1. The minimum absolute atomic E-state index is 0.239. The van der Waals surface area contributed by atoms with Gasteiger partial charge in [-0.2, -0.15) is 16.7 Å². The Labute approximate surface area is 134 Å². The molecule has 0 spiro atoms. The molecular weight excluding hydrogens is 300 g/mol. The minimum Gasteiger partial charge on any atom is -0.389 e. The normalized spacial score (nSPS) is 26.3. The standard InChI is InChI=1S/C15H22N4O2S/c20-12-8-19(9-12)15-16-13(11-1-4-21-10-11)7-14(17-15)18-2-5-22-6-3-18/h7,11-12,20H,1-6,8-10H2. The third-order valence-electron chi connectivity index (χ3n) is 4.55. The van der Waals surface area contributed by atoms with Gasteiger partial charge in [0.05, 0.1) is 18.4 Å². The van der Waals surface area contributed by atoms with Gasteiger partial charge in [0.25, 0.3) is 0 Å². The molecule has 0 bridgehead atoms. The summed E-state index contributed by atoms with van der Waals surface area (Å²) < 4.78 is 5.52. The molecule has 22 heavy (non-hydrogen) atoms. The van der Waals surface area contributed by atoms with Crippen LogP contribution in [0.2, 0.25) is 0 Å². The van der Waals surface area contributed by atoms with E-state index in [2.05, 4.69) is 15.9 Å². The zero-order valence-electron chi connectivity index (χ0n) is 12.6. The third-order valence-corrected chi connectivity index (χ3v) is 5.49. The van der Waals surface area contributed by atoms with Crippen molar-refractivity contribution in [3.8, 4) is 0 Å². The van der Waals surface area contributed by atoms with Crippen molar-refractivity contribution in [2.24, 2.45) is 0 Å². The third kappa shape index (κ3) is 2.89. The van der Waals surface area contributed by atoms with Crippen LogP contribution in [0.3, 0.4) is 0 Å². The van der Waals surface area contributed by atoms with Crippen LogP contribution in [0.5, 0.6) is 0 Å². The van der Waals surface area contributed by atoms with Crippen molar-refractivity contribution in [3.63, 3.8) is 0 Å². The molecule has 0 radical (unpaired) electrons. The van der Waals surface area contributed by atoms with Crippen molar-refractivity contribution in [1.29, 1.82) is 0 Å². The first-order valence-corrected chi connectivity index (χ1v) is 9.17. The molecule has 1 atom stereocenters. The van der Waals surface area contributed by atoms with E-state index >= 15 is 0 Å². The fourth-order valence-corrected chi connectivity index (χ4v) is 4.03. The lowest BCUT2D eigenvalue weighted by molar-refractivity contribution is 0.140. The monoisotopic (exact) mass is 322 g/mol. The van der Waals surface area contributed by atoms with Crippen molar-refractivity contribution >= 4 is 23.5 Å². The first kappa shape index (κ1) is 14.5. The summed E-state index contributed by atoms with van der Waals surface area (Å²) in [5.74, 6) is 4.50. The molecule has 4 heterocycles. The predicted octanol–water partition coefficient (Wildman–Crippen LogP) is 0.715. The molecule has 0 saturated carbocycles. The largest absolute Gasteiger partial charge is 0.389 e. The molecule has 0 aromatic carbocycles. The highest BCUT2D eigenvalue weighted by atomic mass is 32.2. The molecule has 1 unspecified atom stereocenters. The molecule has 3 aliphatic rings. The number of aliphatic hydroxyl groups excluding tert-OH is 1. The summed E-state index contributed by atoms with van der Waals surface area (Å²) in [4.78, 5) is 13.9. The number of anilines is 2. The summed E-state index contributed by atoms with van der Waals surface area (Å²) in [5, 5.41) is 9.55. The second kappa shape index (κ2) is 6.22. The van der Waals surface area contributed by atoms with Crippen LogP contribution in [-0.4, -0.2) is 72.1 Å². The summed E-state index contributed by atoms with van der Waals surface area (Å²) in [6.07, 6.45) is 0.797. The lowest BCUT2D eigenvalue weighted by Crippen LogP contribution is -2.51. The number of β-amino-alcohol motifs (C(OH)–C–C–N with tert-alkyl or cyclic N) is 1. The quantitative estimate of drug-likeness (QED) is 0.879. The van der Waals surface area contributed by atoms with Crippen molar-refractivity contribution < 1.29 is 9.84 Å². The first-order valence-electron chi connectivity index (χ1n) is 8.02. The van der Waals surface area contributed by atoms with E-state index in [0.29, 0.717) is 19.0 Å². The van der Waals surface area contributed by atoms with Gasteiger partial charge in [0.1, 0.15) is 5.82 Å². The number of thioether (sulfide) groups is 1. The molecule has 6 nitrogen and oxygen atoms in total. The molecular formula is C15H22N4O2S. The van der Waals surface area contributed by atoms with Crippen LogP contribution >= 0.6 is 11.8 Å². The van der Waals surface area contributed by atoms with E-state index in [4.69, 9.17) is 14.7 Å². The Bertz CT molecular complexity index is 526. The number of hydrogen-bond acceptors (Lipinski definition) is 7. The van der Waals surface area contributed by atoms with Gasteiger partial charge in [-0.25, -0.2) is 4.98 Å². The summed E-state index contributed by atoms with van der Waals surface area (Å²) in [6, 6.07) is 2.15. The van der Waals surface area contributed by atoms with Crippen LogP contribution in [-0.2, 0) is 4.74 Å². The topological polar surface area (TPSA) is 61.7 Å². The van der Waals surface area contributed by atoms with Gasteiger partial charge in [-0.15, -0.1) is 0 Å². The molecule has 0 aliphatic carbocycles. The fourth-order valence-electron chi connectivity index (χ4n) is 3.13. The fraction of sp³-hybridized carbons (Fsp3) is 0.733. The molecule has 1 N–H and O–H groups in total. The number of aliphatic hydroxyl groups is 1. The Balaban J connectivity index is 1.63. The highest BCUT2D eigenvalue weighted by molar-refractivity contribution is 7.99. The van der Waals surface area contributed by atoms with Gasteiger partial charge < -0.3 is 19.6 Å². The Morgan fingerprint density at radius 3 is 2.68 bits per heavy atom. The second-order valence-electron chi connectivity index (χ2n) is 6.17. The van der Waals surface area contributed by atoms with Crippen LogP contribution in [0.1, 0.15) is 18.0 Å². The summed E-state index contributed by atoms with van der Waals surface area (Å²) in [6.45, 7) is 4.95. The Kier molecular flexibility index (Phi) is 4.11. The molecule has 1 aromatic rings.